The maximum atomic E-state index is 5.35. The van der Waals surface area contributed by atoms with Gasteiger partial charge in [-0.25, -0.2) is 4.98 Å². The van der Waals surface area contributed by atoms with Gasteiger partial charge in [0.25, 0.3) is 0 Å². The first-order chi connectivity index (χ1) is 8.42. The Kier molecular flexibility index (Phi) is 2.71. The molecule has 0 unspecified atom stereocenters. The van der Waals surface area contributed by atoms with Gasteiger partial charge in [-0.05, 0) is 6.42 Å². The second-order valence-corrected chi connectivity index (χ2v) is 3.98. The molecule has 2 aromatic heterocycles. The first kappa shape index (κ1) is 10.2. The Balaban J connectivity index is 1.72. The van der Waals surface area contributed by atoms with Gasteiger partial charge >= 0.3 is 0 Å². The predicted octanol–water partition coefficient (Wildman–Crippen LogP) is 1.45. The number of hydrogen-bond acceptors (Lipinski definition) is 5. The summed E-state index contributed by atoms with van der Waals surface area (Å²) in [4.78, 5) is 8.11. The molecule has 3 heterocycles. The average Bonchev–Trinajstić information content (AvgIpc) is 3.00. The molecule has 1 saturated heterocycles. The standard InChI is InChI=1S/C11H13N5O/c1-4-17-7-8(1)9-5-10(16-15-9)14-11-6-12-2-3-13-11/h2-3,5-6,8H,1,4,7H2,(H2,13,14,15,16)/t8-/m0/s1. The summed E-state index contributed by atoms with van der Waals surface area (Å²) in [7, 11) is 0. The van der Waals surface area contributed by atoms with Crippen LogP contribution in [-0.4, -0.2) is 33.4 Å². The number of nitrogens with one attached hydrogen (secondary N) is 2. The van der Waals surface area contributed by atoms with Crippen LogP contribution < -0.4 is 5.32 Å². The normalized spacial score (nSPS) is 19.4. The molecule has 0 spiro atoms. The van der Waals surface area contributed by atoms with E-state index in [1.807, 2.05) is 6.07 Å². The van der Waals surface area contributed by atoms with Crippen molar-refractivity contribution < 1.29 is 4.74 Å². The van der Waals surface area contributed by atoms with Crippen molar-refractivity contribution in [3.63, 3.8) is 0 Å². The first-order valence-corrected chi connectivity index (χ1v) is 5.58. The predicted molar refractivity (Wildman–Crippen MR) is 62.1 cm³/mol. The Morgan fingerprint density at radius 1 is 1.35 bits per heavy atom. The number of ether oxygens (including phenoxy) is 1. The molecule has 0 amide bonds. The number of aromatic nitrogens is 4. The van der Waals surface area contributed by atoms with E-state index >= 15 is 0 Å². The minimum atomic E-state index is 0.430. The van der Waals surface area contributed by atoms with Crippen LogP contribution in [0, 0.1) is 0 Å². The van der Waals surface area contributed by atoms with Crippen molar-refractivity contribution in [2.45, 2.75) is 12.3 Å². The number of nitrogens with zero attached hydrogens (tertiary/aromatic N) is 3. The van der Waals surface area contributed by atoms with Gasteiger partial charge in [-0.3, -0.25) is 10.1 Å². The third-order valence-electron chi connectivity index (χ3n) is 2.79. The molecule has 1 fully saturated rings. The van der Waals surface area contributed by atoms with Crippen LogP contribution in [0.1, 0.15) is 18.0 Å². The molecule has 0 bridgehead atoms. The van der Waals surface area contributed by atoms with Gasteiger partial charge in [0.1, 0.15) is 5.82 Å². The van der Waals surface area contributed by atoms with Gasteiger partial charge in [0, 0.05) is 36.7 Å². The lowest BCUT2D eigenvalue weighted by Gasteiger charge is -2.01. The van der Waals surface area contributed by atoms with Crippen molar-refractivity contribution in [2.24, 2.45) is 0 Å². The molecule has 6 heteroatoms. The molecule has 1 aliphatic rings. The molecule has 1 atom stereocenters. The number of aromatic amines is 1. The van der Waals surface area contributed by atoms with Gasteiger partial charge in [0.15, 0.2) is 5.82 Å². The fourth-order valence-corrected chi connectivity index (χ4v) is 1.88. The monoisotopic (exact) mass is 231 g/mol. The second kappa shape index (κ2) is 4.50. The van der Waals surface area contributed by atoms with Gasteiger partial charge in [-0.1, -0.05) is 0 Å². The van der Waals surface area contributed by atoms with Gasteiger partial charge in [-0.2, -0.15) is 5.10 Å². The lowest BCUT2D eigenvalue weighted by molar-refractivity contribution is 0.193. The largest absolute Gasteiger partial charge is 0.381 e. The summed E-state index contributed by atoms with van der Waals surface area (Å²) < 4.78 is 5.35. The third kappa shape index (κ3) is 2.26. The minimum Gasteiger partial charge on any atom is -0.381 e. The maximum absolute atomic E-state index is 5.35. The zero-order valence-corrected chi connectivity index (χ0v) is 9.26. The van der Waals surface area contributed by atoms with Crippen molar-refractivity contribution in [1.82, 2.24) is 20.2 Å². The van der Waals surface area contributed by atoms with Crippen molar-refractivity contribution in [2.75, 3.05) is 18.5 Å². The van der Waals surface area contributed by atoms with Crippen LogP contribution in [0.3, 0.4) is 0 Å². The summed E-state index contributed by atoms with van der Waals surface area (Å²) in [6.45, 7) is 1.60. The van der Waals surface area contributed by atoms with E-state index in [1.54, 1.807) is 18.6 Å². The summed E-state index contributed by atoms with van der Waals surface area (Å²) in [6.07, 6.45) is 5.98. The van der Waals surface area contributed by atoms with E-state index < -0.39 is 0 Å². The van der Waals surface area contributed by atoms with E-state index in [0.29, 0.717) is 11.7 Å². The van der Waals surface area contributed by atoms with E-state index in [4.69, 9.17) is 4.74 Å². The zero-order valence-electron chi connectivity index (χ0n) is 9.26. The summed E-state index contributed by atoms with van der Waals surface area (Å²) in [5, 5.41) is 10.3. The number of H-pyrrole nitrogens is 1. The van der Waals surface area contributed by atoms with Crippen molar-refractivity contribution >= 4 is 11.6 Å². The number of anilines is 2. The van der Waals surface area contributed by atoms with Crippen LogP contribution >= 0.6 is 0 Å². The minimum absolute atomic E-state index is 0.430. The number of rotatable bonds is 3. The van der Waals surface area contributed by atoms with E-state index in [1.165, 1.54) is 0 Å². The topological polar surface area (TPSA) is 75.7 Å². The van der Waals surface area contributed by atoms with E-state index in [9.17, 15) is 0 Å². The quantitative estimate of drug-likeness (QED) is 0.836. The highest BCUT2D eigenvalue weighted by molar-refractivity contribution is 5.50. The zero-order chi connectivity index (χ0) is 11.5. The highest BCUT2D eigenvalue weighted by Gasteiger charge is 2.19. The molecular formula is C11H13N5O. The molecule has 0 radical (unpaired) electrons. The Hall–Kier alpha value is -1.95. The molecule has 88 valence electrons. The lowest BCUT2D eigenvalue weighted by atomic mass is 10.1. The Bertz CT molecular complexity index is 478. The third-order valence-corrected chi connectivity index (χ3v) is 2.79. The molecule has 2 aromatic rings. The lowest BCUT2D eigenvalue weighted by Crippen LogP contribution is -1.97. The summed E-state index contributed by atoms with van der Waals surface area (Å²) in [5.74, 6) is 1.88. The molecule has 17 heavy (non-hydrogen) atoms. The summed E-state index contributed by atoms with van der Waals surface area (Å²) in [5.41, 5.74) is 1.11. The Morgan fingerprint density at radius 2 is 2.35 bits per heavy atom. The van der Waals surface area contributed by atoms with Crippen LogP contribution in [0.4, 0.5) is 11.6 Å². The molecule has 6 nitrogen and oxygen atoms in total. The fraction of sp³-hybridized carbons (Fsp3) is 0.364. The van der Waals surface area contributed by atoms with Gasteiger partial charge < -0.3 is 10.1 Å². The molecular weight excluding hydrogens is 218 g/mol. The first-order valence-electron chi connectivity index (χ1n) is 5.58. The van der Waals surface area contributed by atoms with E-state index in [2.05, 4.69) is 25.5 Å². The molecule has 3 rings (SSSR count). The highest BCUT2D eigenvalue weighted by Crippen LogP contribution is 2.25. The van der Waals surface area contributed by atoms with Crippen LogP contribution in [0.5, 0.6) is 0 Å². The highest BCUT2D eigenvalue weighted by atomic mass is 16.5. The average molecular weight is 231 g/mol. The maximum Gasteiger partial charge on any atom is 0.153 e. The van der Waals surface area contributed by atoms with Crippen LogP contribution in [0.25, 0.3) is 0 Å². The van der Waals surface area contributed by atoms with Gasteiger partial charge in [0.05, 0.1) is 12.8 Å². The summed E-state index contributed by atoms with van der Waals surface area (Å²) >= 11 is 0. The Labute approximate surface area is 98.4 Å². The molecule has 2 N–H and O–H groups in total. The van der Waals surface area contributed by atoms with Crippen LogP contribution in [-0.2, 0) is 4.74 Å². The van der Waals surface area contributed by atoms with Crippen LogP contribution in [0.2, 0.25) is 0 Å². The molecule has 0 saturated carbocycles. The van der Waals surface area contributed by atoms with E-state index in [0.717, 1.165) is 31.1 Å². The van der Waals surface area contributed by atoms with Crippen molar-refractivity contribution in [3.8, 4) is 0 Å². The van der Waals surface area contributed by atoms with Gasteiger partial charge in [-0.15, -0.1) is 0 Å². The van der Waals surface area contributed by atoms with E-state index in [-0.39, 0.29) is 0 Å². The Morgan fingerprint density at radius 3 is 3.12 bits per heavy atom. The van der Waals surface area contributed by atoms with Crippen LogP contribution in [0.15, 0.2) is 24.7 Å². The smallest absolute Gasteiger partial charge is 0.153 e. The van der Waals surface area contributed by atoms with Crippen molar-refractivity contribution in [3.05, 3.63) is 30.4 Å². The van der Waals surface area contributed by atoms with Crippen molar-refractivity contribution in [1.29, 1.82) is 0 Å². The SMILES string of the molecule is c1cnc(Nc2cc([C@H]3CCOC3)[nH]n2)cn1. The number of hydrogen-bond donors (Lipinski definition) is 2. The fourth-order valence-electron chi connectivity index (χ4n) is 1.88. The molecule has 0 aliphatic carbocycles. The van der Waals surface area contributed by atoms with Gasteiger partial charge in [0.2, 0.25) is 0 Å². The molecule has 0 aromatic carbocycles. The summed E-state index contributed by atoms with van der Waals surface area (Å²) in [6, 6.07) is 1.99. The molecule has 1 aliphatic heterocycles. The second-order valence-electron chi connectivity index (χ2n) is 3.98.